The molecule has 1 aliphatic rings. The van der Waals surface area contributed by atoms with Crippen molar-refractivity contribution in [2.75, 3.05) is 26.2 Å². The zero-order valence-corrected chi connectivity index (χ0v) is 13.1. The first-order valence-corrected chi connectivity index (χ1v) is 7.42. The summed E-state index contributed by atoms with van der Waals surface area (Å²) in [7, 11) is 0. The molecule has 1 aliphatic heterocycles. The van der Waals surface area contributed by atoms with Gasteiger partial charge in [0.25, 0.3) is 0 Å². The van der Waals surface area contributed by atoms with Crippen molar-refractivity contribution in [1.82, 2.24) is 10.2 Å². The van der Waals surface area contributed by atoms with Gasteiger partial charge in [-0.25, -0.2) is 0 Å². The van der Waals surface area contributed by atoms with Crippen LogP contribution in [-0.4, -0.2) is 36.6 Å². The van der Waals surface area contributed by atoms with E-state index in [0.717, 1.165) is 19.6 Å². The summed E-state index contributed by atoms with van der Waals surface area (Å²) in [6, 6.07) is 4.62. The van der Waals surface area contributed by atoms with Gasteiger partial charge >= 0.3 is 0 Å². The fourth-order valence-electron chi connectivity index (χ4n) is 3.29. The molecular formula is C17H28N2. The van der Waals surface area contributed by atoms with E-state index in [4.69, 9.17) is 0 Å². The van der Waals surface area contributed by atoms with Crippen LogP contribution in [0.25, 0.3) is 0 Å². The smallest absolute Gasteiger partial charge is 0.0278 e. The average Bonchev–Trinajstić information content (AvgIpc) is 2.29. The van der Waals surface area contributed by atoms with Crippen molar-refractivity contribution in [2.45, 2.75) is 46.6 Å². The highest BCUT2D eigenvalue weighted by atomic mass is 15.2. The van der Waals surface area contributed by atoms with Crippen molar-refractivity contribution in [2.24, 2.45) is 0 Å². The molecule has 2 nitrogen and oxygen atoms in total. The van der Waals surface area contributed by atoms with E-state index in [2.05, 4.69) is 57.0 Å². The molecule has 1 aromatic rings. The Balaban J connectivity index is 2.06. The Morgan fingerprint density at radius 2 is 1.79 bits per heavy atom. The fourth-order valence-corrected chi connectivity index (χ4v) is 3.29. The van der Waals surface area contributed by atoms with E-state index in [1.54, 1.807) is 5.56 Å². The normalized spacial score (nSPS) is 19.6. The molecule has 0 aromatic heterocycles. The first-order valence-electron chi connectivity index (χ1n) is 7.42. The monoisotopic (exact) mass is 260 g/mol. The minimum Gasteiger partial charge on any atom is -0.314 e. The number of nitrogens with one attached hydrogen (secondary N) is 1. The summed E-state index contributed by atoms with van der Waals surface area (Å²) in [5.74, 6) is 0. The lowest BCUT2D eigenvalue weighted by atomic mass is 9.95. The van der Waals surface area contributed by atoms with E-state index in [1.807, 2.05) is 0 Å². The lowest BCUT2D eigenvalue weighted by Gasteiger charge is -2.43. The van der Waals surface area contributed by atoms with Crippen LogP contribution in [0.2, 0.25) is 0 Å². The number of piperazine rings is 1. The first kappa shape index (κ1) is 14.5. The van der Waals surface area contributed by atoms with E-state index in [9.17, 15) is 0 Å². The van der Waals surface area contributed by atoms with Crippen LogP contribution in [0.3, 0.4) is 0 Å². The molecule has 0 amide bonds. The third-order valence-electron chi connectivity index (χ3n) is 4.44. The minimum atomic E-state index is 0.282. The Morgan fingerprint density at radius 3 is 2.37 bits per heavy atom. The number of hydrogen-bond donors (Lipinski definition) is 1. The number of nitrogens with zero attached hydrogens (tertiary/aromatic N) is 1. The van der Waals surface area contributed by atoms with Crippen molar-refractivity contribution in [1.29, 1.82) is 0 Å². The first-order chi connectivity index (χ1) is 8.90. The Bertz CT molecular complexity index is 426. The van der Waals surface area contributed by atoms with Gasteiger partial charge in [-0.3, -0.25) is 4.90 Å². The highest BCUT2D eigenvalue weighted by molar-refractivity contribution is 5.37. The predicted octanol–water partition coefficient (Wildman–Crippen LogP) is 2.84. The van der Waals surface area contributed by atoms with Crippen molar-refractivity contribution >= 4 is 0 Å². The summed E-state index contributed by atoms with van der Waals surface area (Å²) in [6.45, 7) is 15.9. The molecule has 2 rings (SSSR count). The third kappa shape index (κ3) is 3.37. The van der Waals surface area contributed by atoms with Gasteiger partial charge in [0.2, 0.25) is 0 Å². The summed E-state index contributed by atoms with van der Waals surface area (Å²) in [5.41, 5.74) is 6.10. The maximum Gasteiger partial charge on any atom is 0.0278 e. The van der Waals surface area contributed by atoms with Crippen LogP contribution in [-0.2, 0) is 6.42 Å². The number of benzene rings is 1. The van der Waals surface area contributed by atoms with Crippen LogP contribution in [0.1, 0.15) is 36.1 Å². The van der Waals surface area contributed by atoms with Gasteiger partial charge < -0.3 is 5.32 Å². The quantitative estimate of drug-likeness (QED) is 0.899. The molecule has 19 heavy (non-hydrogen) atoms. The summed E-state index contributed by atoms with van der Waals surface area (Å²) in [5, 5.41) is 3.49. The molecule has 0 bridgehead atoms. The van der Waals surface area contributed by atoms with Gasteiger partial charge in [-0.1, -0.05) is 17.7 Å². The van der Waals surface area contributed by atoms with E-state index in [1.165, 1.54) is 29.7 Å². The number of aryl methyl sites for hydroxylation is 3. The van der Waals surface area contributed by atoms with Crippen LogP contribution < -0.4 is 5.32 Å². The standard InChI is InChI=1S/C17H28N2/c1-13-10-14(2)16(15(3)11-13)6-8-19-9-7-18-12-17(19,4)5/h10-11,18H,6-9,12H2,1-5H3. The van der Waals surface area contributed by atoms with E-state index in [0.29, 0.717) is 0 Å². The van der Waals surface area contributed by atoms with Crippen molar-refractivity contribution in [3.8, 4) is 0 Å². The van der Waals surface area contributed by atoms with Gasteiger partial charge in [0, 0.05) is 31.7 Å². The highest BCUT2D eigenvalue weighted by Gasteiger charge is 2.28. The molecule has 1 fully saturated rings. The fraction of sp³-hybridized carbons (Fsp3) is 0.647. The second kappa shape index (κ2) is 5.64. The van der Waals surface area contributed by atoms with Crippen LogP contribution >= 0.6 is 0 Å². The maximum absolute atomic E-state index is 3.49. The van der Waals surface area contributed by atoms with E-state index >= 15 is 0 Å². The van der Waals surface area contributed by atoms with Gasteiger partial charge in [0.15, 0.2) is 0 Å². The van der Waals surface area contributed by atoms with Crippen LogP contribution in [0, 0.1) is 20.8 Å². The van der Waals surface area contributed by atoms with Crippen LogP contribution in [0.5, 0.6) is 0 Å². The molecule has 0 saturated carbocycles. The molecule has 0 radical (unpaired) electrons. The zero-order valence-electron chi connectivity index (χ0n) is 13.1. The van der Waals surface area contributed by atoms with E-state index < -0.39 is 0 Å². The maximum atomic E-state index is 3.49. The second-order valence-corrected chi connectivity index (χ2v) is 6.60. The molecule has 0 unspecified atom stereocenters. The average molecular weight is 260 g/mol. The summed E-state index contributed by atoms with van der Waals surface area (Å²) in [6.07, 6.45) is 1.17. The molecule has 1 heterocycles. The van der Waals surface area contributed by atoms with Gasteiger partial charge in [-0.05, 0) is 57.7 Å². The summed E-state index contributed by atoms with van der Waals surface area (Å²) < 4.78 is 0. The van der Waals surface area contributed by atoms with Crippen molar-refractivity contribution < 1.29 is 0 Å². The van der Waals surface area contributed by atoms with Gasteiger partial charge in [0.1, 0.15) is 0 Å². The topological polar surface area (TPSA) is 15.3 Å². The number of hydrogen-bond acceptors (Lipinski definition) is 2. The van der Waals surface area contributed by atoms with Crippen LogP contribution in [0.4, 0.5) is 0 Å². The highest BCUT2D eigenvalue weighted by Crippen LogP contribution is 2.20. The van der Waals surface area contributed by atoms with Crippen LogP contribution in [0.15, 0.2) is 12.1 Å². The van der Waals surface area contributed by atoms with Gasteiger partial charge in [-0.15, -0.1) is 0 Å². The van der Waals surface area contributed by atoms with Gasteiger partial charge in [-0.2, -0.15) is 0 Å². The SMILES string of the molecule is Cc1cc(C)c(CCN2CCNCC2(C)C)c(C)c1. The minimum absolute atomic E-state index is 0.282. The Labute approximate surface area is 118 Å². The molecule has 106 valence electrons. The molecule has 1 N–H and O–H groups in total. The predicted molar refractivity (Wildman–Crippen MR) is 82.9 cm³/mol. The molecule has 2 heteroatoms. The molecular weight excluding hydrogens is 232 g/mol. The Hall–Kier alpha value is -0.860. The molecule has 1 saturated heterocycles. The number of rotatable bonds is 3. The Kier molecular flexibility index (Phi) is 4.32. The van der Waals surface area contributed by atoms with Crippen molar-refractivity contribution in [3.63, 3.8) is 0 Å². The lowest BCUT2D eigenvalue weighted by molar-refractivity contribution is 0.0920. The Morgan fingerprint density at radius 1 is 1.16 bits per heavy atom. The molecule has 1 aromatic carbocycles. The molecule has 0 spiro atoms. The summed E-state index contributed by atoms with van der Waals surface area (Å²) >= 11 is 0. The van der Waals surface area contributed by atoms with E-state index in [-0.39, 0.29) is 5.54 Å². The van der Waals surface area contributed by atoms with Crippen molar-refractivity contribution in [3.05, 3.63) is 34.4 Å². The molecule has 0 atom stereocenters. The molecule has 0 aliphatic carbocycles. The largest absolute Gasteiger partial charge is 0.314 e. The van der Waals surface area contributed by atoms with Gasteiger partial charge in [0.05, 0.1) is 0 Å². The third-order valence-corrected chi connectivity index (χ3v) is 4.44. The lowest BCUT2D eigenvalue weighted by Crippen LogP contribution is -2.58. The second-order valence-electron chi connectivity index (χ2n) is 6.60. The summed E-state index contributed by atoms with van der Waals surface area (Å²) in [4.78, 5) is 2.63. The zero-order chi connectivity index (χ0) is 14.0.